The van der Waals surface area contributed by atoms with Crippen LogP contribution in [0.15, 0.2) is 18.5 Å². The van der Waals surface area contributed by atoms with Crippen molar-refractivity contribution in [3.05, 3.63) is 24.2 Å². The molecule has 0 aromatic carbocycles. The SMILES string of the molecule is COc1ccnc(Cn2cc(N)nn2)c1OC. The van der Waals surface area contributed by atoms with Gasteiger partial charge in [0.2, 0.25) is 0 Å². The van der Waals surface area contributed by atoms with Gasteiger partial charge in [-0.3, -0.25) is 4.98 Å². The van der Waals surface area contributed by atoms with Gasteiger partial charge >= 0.3 is 0 Å². The number of hydrogen-bond donors (Lipinski definition) is 1. The number of hydrogen-bond acceptors (Lipinski definition) is 6. The number of ether oxygens (including phenoxy) is 2. The summed E-state index contributed by atoms with van der Waals surface area (Å²) in [6, 6.07) is 1.73. The lowest BCUT2D eigenvalue weighted by molar-refractivity contribution is 0.348. The number of pyridine rings is 1. The third-order valence-corrected chi connectivity index (χ3v) is 2.23. The summed E-state index contributed by atoms with van der Waals surface area (Å²) in [5, 5.41) is 7.55. The van der Waals surface area contributed by atoms with Crippen molar-refractivity contribution >= 4 is 5.82 Å². The van der Waals surface area contributed by atoms with Crippen LogP contribution < -0.4 is 15.2 Å². The average Bonchev–Trinajstić information content (AvgIpc) is 2.74. The molecule has 2 N–H and O–H groups in total. The molecule has 2 aromatic rings. The lowest BCUT2D eigenvalue weighted by Crippen LogP contribution is -2.05. The molecule has 0 spiro atoms. The van der Waals surface area contributed by atoms with E-state index in [1.54, 1.807) is 37.4 Å². The summed E-state index contributed by atoms with van der Waals surface area (Å²) < 4.78 is 12.0. The maximum absolute atomic E-state index is 5.49. The molecule has 2 heterocycles. The summed E-state index contributed by atoms with van der Waals surface area (Å²) in [5.74, 6) is 1.58. The summed E-state index contributed by atoms with van der Waals surface area (Å²) in [7, 11) is 3.15. The fraction of sp³-hybridized carbons (Fsp3) is 0.300. The van der Waals surface area contributed by atoms with E-state index < -0.39 is 0 Å². The second kappa shape index (κ2) is 4.69. The van der Waals surface area contributed by atoms with Crippen LogP contribution in [0.25, 0.3) is 0 Å². The van der Waals surface area contributed by atoms with Crippen LogP contribution in [0.2, 0.25) is 0 Å². The Morgan fingerprint density at radius 1 is 1.35 bits per heavy atom. The molecule has 90 valence electrons. The van der Waals surface area contributed by atoms with Gasteiger partial charge in [-0.15, -0.1) is 5.10 Å². The summed E-state index contributed by atoms with van der Waals surface area (Å²) in [6.45, 7) is 0.421. The summed E-state index contributed by atoms with van der Waals surface area (Å²) in [6.07, 6.45) is 3.28. The van der Waals surface area contributed by atoms with Crippen LogP contribution in [0.1, 0.15) is 5.69 Å². The van der Waals surface area contributed by atoms with E-state index in [4.69, 9.17) is 15.2 Å². The molecule has 0 fully saturated rings. The molecule has 0 aliphatic carbocycles. The topological polar surface area (TPSA) is 88.1 Å². The highest BCUT2D eigenvalue weighted by Gasteiger charge is 2.11. The number of nitrogens with two attached hydrogens (primary N) is 1. The van der Waals surface area contributed by atoms with Crippen molar-refractivity contribution in [1.29, 1.82) is 0 Å². The van der Waals surface area contributed by atoms with Crippen LogP contribution in [0, 0.1) is 0 Å². The molecular formula is C10H13N5O2. The smallest absolute Gasteiger partial charge is 0.184 e. The monoisotopic (exact) mass is 235 g/mol. The minimum Gasteiger partial charge on any atom is -0.493 e. The zero-order valence-electron chi connectivity index (χ0n) is 9.62. The largest absolute Gasteiger partial charge is 0.493 e. The first-order chi connectivity index (χ1) is 8.24. The van der Waals surface area contributed by atoms with Crippen LogP contribution in [0.4, 0.5) is 5.82 Å². The Bertz CT molecular complexity index is 511. The van der Waals surface area contributed by atoms with E-state index in [0.29, 0.717) is 29.6 Å². The van der Waals surface area contributed by atoms with Gasteiger partial charge in [-0.1, -0.05) is 5.21 Å². The molecule has 2 rings (SSSR count). The van der Waals surface area contributed by atoms with Crippen molar-refractivity contribution < 1.29 is 9.47 Å². The van der Waals surface area contributed by atoms with Crippen LogP contribution in [-0.2, 0) is 6.54 Å². The van der Waals surface area contributed by atoms with Gasteiger partial charge in [-0.25, -0.2) is 4.68 Å². The van der Waals surface area contributed by atoms with E-state index in [9.17, 15) is 0 Å². The predicted molar refractivity (Wildman–Crippen MR) is 60.9 cm³/mol. The van der Waals surface area contributed by atoms with Gasteiger partial charge in [0.25, 0.3) is 0 Å². The second-order valence-corrected chi connectivity index (χ2v) is 3.33. The second-order valence-electron chi connectivity index (χ2n) is 3.33. The highest BCUT2D eigenvalue weighted by Crippen LogP contribution is 2.29. The molecule has 0 saturated heterocycles. The number of rotatable bonds is 4. The minimum absolute atomic E-state index is 0.367. The highest BCUT2D eigenvalue weighted by atomic mass is 16.5. The van der Waals surface area contributed by atoms with Crippen molar-refractivity contribution in [3.8, 4) is 11.5 Å². The molecular weight excluding hydrogens is 222 g/mol. The number of nitrogen functional groups attached to an aromatic ring is 1. The Hall–Kier alpha value is -2.31. The molecule has 0 saturated carbocycles. The lowest BCUT2D eigenvalue weighted by atomic mass is 10.3. The van der Waals surface area contributed by atoms with Crippen molar-refractivity contribution in [2.45, 2.75) is 6.54 Å². The minimum atomic E-state index is 0.367. The van der Waals surface area contributed by atoms with E-state index >= 15 is 0 Å². The molecule has 0 radical (unpaired) electrons. The quantitative estimate of drug-likeness (QED) is 0.821. The third kappa shape index (κ3) is 2.27. The van der Waals surface area contributed by atoms with Crippen LogP contribution in [-0.4, -0.2) is 34.2 Å². The Balaban J connectivity index is 2.32. The van der Waals surface area contributed by atoms with Gasteiger partial charge in [0.05, 0.1) is 27.0 Å². The zero-order valence-corrected chi connectivity index (χ0v) is 9.62. The van der Waals surface area contributed by atoms with E-state index in [1.165, 1.54) is 0 Å². The molecule has 0 unspecified atom stereocenters. The average molecular weight is 235 g/mol. The van der Waals surface area contributed by atoms with Crippen molar-refractivity contribution in [2.24, 2.45) is 0 Å². The van der Waals surface area contributed by atoms with Crippen molar-refractivity contribution in [3.63, 3.8) is 0 Å². The Labute approximate surface area is 98.2 Å². The molecule has 2 aromatic heterocycles. The van der Waals surface area contributed by atoms with Gasteiger partial charge in [-0.05, 0) is 0 Å². The lowest BCUT2D eigenvalue weighted by Gasteiger charge is -2.10. The van der Waals surface area contributed by atoms with E-state index in [2.05, 4.69) is 15.3 Å². The molecule has 0 atom stereocenters. The maximum Gasteiger partial charge on any atom is 0.184 e. The third-order valence-electron chi connectivity index (χ3n) is 2.23. The first-order valence-electron chi connectivity index (χ1n) is 4.96. The fourth-order valence-electron chi connectivity index (χ4n) is 1.51. The number of anilines is 1. The first kappa shape index (κ1) is 11.2. The number of aromatic nitrogens is 4. The van der Waals surface area contributed by atoms with Gasteiger partial charge < -0.3 is 15.2 Å². The standard InChI is InChI=1S/C10H13N5O2/c1-16-8-3-4-12-7(10(8)17-2)5-15-6-9(11)13-14-15/h3-4,6H,5,11H2,1-2H3. The Kier molecular flexibility index (Phi) is 3.08. The van der Waals surface area contributed by atoms with E-state index in [0.717, 1.165) is 0 Å². The molecule has 7 nitrogen and oxygen atoms in total. The van der Waals surface area contributed by atoms with E-state index in [1.807, 2.05) is 0 Å². The predicted octanol–water partition coefficient (Wildman–Crippen LogP) is 0.321. The molecule has 0 amide bonds. The number of nitrogens with zero attached hydrogens (tertiary/aromatic N) is 4. The van der Waals surface area contributed by atoms with Gasteiger partial charge in [0.15, 0.2) is 17.3 Å². The molecule has 0 bridgehead atoms. The zero-order chi connectivity index (χ0) is 12.3. The first-order valence-corrected chi connectivity index (χ1v) is 4.96. The Morgan fingerprint density at radius 2 is 2.18 bits per heavy atom. The number of methoxy groups -OCH3 is 2. The Morgan fingerprint density at radius 3 is 2.76 bits per heavy atom. The summed E-state index contributed by atoms with van der Waals surface area (Å²) >= 11 is 0. The molecule has 0 aliphatic heterocycles. The van der Waals surface area contributed by atoms with Gasteiger partial charge in [0.1, 0.15) is 5.69 Å². The normalized spacial score (nSPS) is 10.2. The van der Waals surface area contributed by atoms with E-state index in [-0.39, 0.29) is 0 Å². The fourth-order valence-corrected chi connectivity index (χ4v) is 1.51. The van der Waals surface area contributed by atoms with Crippen LogP contribution >= 0.6 is 0 Å². The van der Waals surface area contributed by atoms with Gasteiger partial charge in [-0.2, -0.15) is 0 Å². The molecule has 0 aliphatic rings. The molecule has 7 heteroatoms. The summed E-state index contributed by atoms with van der Waals surface area (Å²) in [5.41, 5.74) is 6.19. The maximum atomic E-state index is 5.49. The highest BCUT2D eigenvalue weighted by molar-refractivity contribution is 5.42. The van der Waals surface area contributed by atoms with Crippen molar-refractivity contribution in [1.82, 2.24) is 20.0 Å². The summed E-state index contributed by atoms with van der Waals surface area (Å²) in [4.78, 5) is 4.23. The molecule has 17 heavy (non-hydrogen) atoms. The van der Waals surface area contributed by atoms with Crippen molar-refractivity contribution in [2.75, 3.05) is 20.0 Å². The van der Waals surface area contributed by atoms with Crippen LogP contribution in [0.3, 0.4) is 0 Å². The van der Waals surface area contributed by atoms with Gasteiger partial charge in [0, 0.05) is 12.3 Å². The van der Waals surface area contributed by atoms with Crippen LogP contribution in [0.5, 0.6) is 11.5 Å².